The first-order chi connectivity index (χ1) is 16.9. The number of hydroxylamine groups is 1. The molecule has 2 N–H and O–H groups in total. The smallest absolute Gasteiger partial charge is 0.215 e. The van der Waals surface area contributed by atoms with Gasteiger partial charge in [0.15, 0.2) is 0 Å². The van der Waals surface area contributed by atoms with Crippen molar-refractivity contribution in [2.24, 2.45) is 0 Å². The molecule has 1 aromatic carbocycles. The van der Waals surface area contributed by atoms with Gasteiger partial charge < -0.3 is 10.1 Å². The van der Waals surface area contributed by atoms with Crippen LogP contribution in [-0.2, 0) is 16.4 Å². The fraction of sp³-hybridized carbons (Fsp3) is 0.375. The maximum atomic E-state index is 13.1. The molecule has 1 aliphatic rings. The van der Waals surface area contributed by atoms with Crippen LogP contribution < -0.4 is 10.4 Å². The van der Waals surface area contributed by atoms with Crippen molar-refractivity contribution in [3.63, 3.8) is 0 Å². The Morgan fingerprint density at radius 2 is 1.66 bits per heavy atom. The molecule has 2 aromatic heterocycles. The molecule has 11 heteroatoms. The lowest BCUT2D eigenvalue weighted by molar-refractivity contribution is 0.128. The largest absolute Gasteiger partial charge is 0.354 e. The van der Waals surface area contributed by atoms with Crippen molar-refractivity contribution in [2.75, 3.05) is 36.8 Å². The molecular formula is C24H29FN6O3S. The first-order valence-corrected chi connectivity index (χ1v) is 13.2. The molecule has 186 valence electrons. The number of anilines is 1. The summed E-state index contributed by atoms with van der Waals surface area (Å²) in [4.78, 5) is 14.9. The number of rotatable bonds is 10. The molecule has 35 heavy (non-hydrogen) atoms. The third-order valence-electron chi connectivity index (χ3n) is 6.05. The Hall–Kier alpha value is -2.99. The summed E-state index contributed by atoms with van der Waals surface area (Å²) in [6, 6.07) is 11.2. The Labute approximate surface area is 204 Å². The van der Waals surface area contributed by atoms with Crippen LogP contribution in [0.1, 0.15) is 18.7 Å². The number of nitrogens with zero attached hydrogens (tertiary/aromatic N) is 5. The highest BCUT2D eigenvalue weighted by Gasteiger charge is 2.29. The van der Waals surface area contributed by atoms with Crippen molar-refractivity contribution in [3.8, 4) is 11.1 Å². The number of hydrogen-bond donors (Lipinski definition) is 2. The van der Waals surface area contributed by atoms with Gasteiger partial charge in [0.25, 0.3) is 0 Å². The highest BCUT2D eigenvalue weighted by molar-refractivity contribution is 7.89. The highest BCUT2D eigenvalue weighted by Crippen LogP contribution is 2.22. The molecule has 0 amide bonds. The predicted octanol–water partition coefficient (Wildman–Crippen LogP) is 2.50. The van der Waals surface area contributed by atoms with Crippen LogP contribution in [0, 0.1) is 5.82 Å². The number of aryl methyl sites for hydroxylation is 1. The number of hydrogen-bond acceptors (Lipinski definition) is 8. The van der Waals surface area contributed by atoms with Gasteiger partial charge in [0.05, 0.1) is 5.75 Å². The first-order valence-electron chi connectivity index (χ1n) is 11.5. The van der Waals surface area contributed by atoms with Crippen molar-refractivity contribution in [1.29, 1.82) is 0 Å². The number of benzene rings is 1. The Kier molecular flexibility index (Phi) is 8.34. The summed E-state index contributed by atoms with van der Waals surface area (Å²) < 4.78 is 40.5. The standard InChI is InChI=1S/C24H29FN6O3S/c25-21-8-5-19(6-9-21)20-7-10-24(28-17-20)30-13-15-31(16-14-30)35(33,34)18-22(29-32)3-1-4-23-26-11-2-12-27-23/h2,5-12,17,22,29,32H,1,3-4,13-16,18H2. The van der Waals surface area contributed by atoms with Crippen LogP contribution >= 0.6 is 0 Å². The van der Waals surface area contributed by atoms with Crippen LogP contribution in [0.3, 0.4) is 0 Å². The second kappa shape index (κ2) is 11.6. The monoisotopic (exact) mass is 500 g/mol. The van der Waals surface area contributed by atoms with Crippen molar-refractivity contribution in [2.45, 2.75) is 25.3 Å². The Morgan fingerprint density at radius 1 is 0.971 bits per heavy atom. The molecule has 0 bridgehead atoms. The molecule has 1 aliphatic heterocycles. The average molecular weight is 501 g/mol. The van der Waals surface area contributed by atoms with E-state index in [1.807, 2.05) is 17.0 Å². The predicted molar refractivity (Wildman–Crippen MR) is 131 cm³/mol. The molecule has 0 spiro atoms. The summed E-state index contributed by atoms with van der Waals surface area (Å²) in [6.07, 6.45) is 6.84. The number of pyridine rings is 1. The van der Waals surface area contributed by atoms with E-state index in [0.717, 1.165) is 16.9 Å². The van der Waals surface area contributed by atoms with Crippen LogP contribution in [0.25, 0.3) is 11.1 Å². The Balaban J connectivity index is 1.27. The minimum Gasteiger partial charge on any atom is -0.354 e. The van der Waals surface area contributed by atoms with E-state index >= 15 is 0 Å². The molecular weight excluding hydrogens is 471 g/mol. The lowest BCUT2D eigenvalue weighted by Gasteiger charge is -2.35. The zero-order valence-corrected chi connectivity index (χ0v) is 20.1. The van der Waals surface area contributed by atoms with Crippen molar-refractivity contribution in [3.05, 3.63) is 72.7 Å². The van der Waals surface area contributed by atoms with Crippen LogP contribution in [0.2, 0.25) is 0 Å². The second-order valence-corrected chi connectivity index (χ2v) is 10.5. The molecule has 9 nitrogen and oxygen atoms in total. The second-order valence-electron chi connectivity index (χ2n) is 8.46. The fourth-order valence-corrected chi connectivity index (χ4v) is 5.77. The SMILES string of the molecule is O=S(=O)(CC(CCCc1ncccn1)NO)N1CCN(c2ccc(-c3ccc(F)cc3)cn2)CC1. The van der Waals surface area contributed by atoms with E-state index in [2.05, 4.69) is 20.4 Å². The summed E-state index contributed by atoms with van der Waals surface area (Å²) in [6.45, 7) is 1.73. The van der Waals surface area contributed by atoms with E-state index in [0.29, 0.717) is 51.3 Å². The normalized spacial score (nSPS) is 15.8. The van der Waals surface area contributed by atoms with Crippen LogP contribution in [-0.4, -0.2) is 70.9 Å². The minimum absolute atomic E-state index is 0.177. The molecule has 1 atom stereocenters. The summed E-state index contributed by atoms with van der Waals surface area (Å²) in [7, 11) is -3.54. The van der Waals surface area contributed by atoms with E-state index in [9.17, 15) is 18.0 Å². The summed E-state index contributed by atoms with van der Waals surface area (Å²) >= 11 is 0. The van der Waals surface area contributed by atoms with E-state index in [-0.39, 0.29) is 11.6 Å². The molecule has 3 heterocycles. The molecule has 4 rings (SSSR count). The van der Waals surface area contributed by atoms with Crippen molar-refractivity contribution >= 4 is 15.8 Å². The number of piperazine rings is 1. The van der Waals surface area contributed by atoms with Gasteiger partial charge >= 0.3 is 0 Å². The quantitative estimate of drug-likeness (QED) is 0.409. The van der Waals surface area contributed by atoms with Gasteiger partial charge in [0.2, 0.25) is 10.0 Å². The minimum atomic E-state index is -3.54. The van der Waals surface area contributed by atoms with Gasteiger partial charge in [-0.1, -0.05) is 12.1 Å². The molecule has 0 aliphatic carbocycles. The molecule has 1 unspecified atom stereocenters. The molecule has 1 fully saturated rings. The maximum absolute atomic E-state index is 13.1. The van der Waals surface area contributed by atoms with E-state index < -0.39 is 16.1 Å². The third-order valence-corrected chi connectivity index (χ3v) is 8.02. The van der Waals surface area contributed by atoms with Gasteiger partial charge in [-0.05, 0) is 48.7 Å². The van der Waals surface area contributed by atoms with E-state index in [1.54, 1.807) is 36.8 Å². The molecule has 0 radical (unpaired) electrons. The zero-order valence-electron chi connectivity index (χ0n) is 19.3. The Bertz CT molecular complexity index is 1170. The number of aromatic nitrogens is 3. The van der Waals surface area contributed by atoms with Crippen molar-refractivity contribution in [1.82, 2.24) is 24.7 Å². The lowest BCUT2D eigenvalue weighted by atomic mass is 10.1. The van der Waals surface area contributed by atoms with Crippen molar-refractivity contribution < 1.29 is 18.0 Å². The molecule has 1 saturated heterocycles. The first kappa shape index (κ1) is 25.1. The summed E-state index contributed by atoms with van der Waals surface area (Å²) in [5.74, 6) is 1.01. The number of nitrogens with one attached hydrogen (secondary N) is 1. The maximum Gasteiger partial charge on any atom is 0.215 e. The van der Waals surface area contributed by atoms with Crippen LogP contribution in [0.15, 0.2) is 61.1 Å². The number of sulfonamides is 1. The third kappa shape index (κ3) is 6.79. The topological polar surface area (TPSA) is 112 Å². The van der Waals surface area contributed by atoms with Gasteiger partial charge in [0.1, 0.15) is 17.5 Å². The zero-order chi connectivity index (χ0) is 24.7. The van der Waals surface area contributed by atoms with Crippen LogP contribution in [0.5, 0.6) is 0 Å². The molecule has 0 saturated carbocycles. The fourth-order valence-electron chi connectivity index (χ4n) is 4.09. The van der Waals surface area contributed by atoms with Gasteiger partial charge in [0, 0.05) is 62.8 Å². The summed E-state index contributed by atoms with van der Waals surface area (Å²) in [5, 5.41) is 9.49. The van der Waals surface area contributed by atoms with E-state index in [4.69, 9.17) is 0 Å². The summed E-state index contributed by atoms with van der Waals surface area (Å²) in [5.41, 5.74) is 3.92. The highest BCUT2D eigenvalue weighted by atomic mass is 32.2. The average Bonchev–Trinajstić information content (AvgIpc) is 2.89. The van der Waals surface area contributed by atoms with Gasteiger partial charge in [-0.25, -0.2) is 33.2 Å². The van der Waals surface area contributed by atoms with Gasteiger partial charge in [-0.15, -0.1) is 0 Å². The number of halogens is 1. The van der Waals surface area contributed by atoms with Crippen LogP contribution in [0.4, 0.5) is 10.2 Å². The Morgan fingerprint density at radius 3 is 2.29 bits per heavy atom. The van der Waals surface area contributed by atoms with E-state index in [1.165, 1.54) is 16.4 Å². The molecule has 3 aromatic rings. The van der Waals surface area contributed by atoms with Gasteiger partial charge in [-0.3, -0.25) is 0 Å². The van der Waals surface area contributed by atoms with Gasteiger partial charge in [-0.2, -0.15) is 4.31 Å². The lowest BCUT2D eigenvalue weighted by Crippen LogP contribution is -2.51.